The molecule has 1 aliphatic rings. The van der Waals surface area contributed by atoms with Crippen LogP contribution >= 0.6 is 0 Å². The van der Waals surface area contributed by atoms with E-state index in [4.69, 9.17) is 4.42 Å². The van der Waals surface area contributed by atoms with Crippen LogP contribution in [0.4, 0.5) is 6.01 Å². The minimum atomic E-state index is 0.645. The number of piperidine rings is 1. The highest BCUT2D eigenvalue weighted by atomic mass is 16.4. The molecule has 0 saturated carbocycles. The number of rotatable bonds is 4. The van der Waals surface area contributed by atoms with Gasteiger partial charge in [0.05, 0.1) is 6.54 Å². The molecule has 0 atom stereocenters. The zero-order valence-corrected chi connectivity index (χ0v) is 12.7. The number of anilines is 1. The molecule has 5 nitrogen and oxygen atoms in total. The van der Waals surface area contributed by atoms with Crippen molar-refractivity contribution in [1.29, 1.82) is 0 Å². The summed E-state index contributed by atoms with van der Waals surface area (Å²) >= 11 is 0. The molecule has 1 aromatic carbocycles. The Hall–Kier alpha value is -1.88. The topological polar surface area (TPSA) is 45.4 Å². The zero-order valence-electron chi connectivity index (χ0n) is 12.7. The molecule has 21 heavy (non-hydrogen) atoms. The lowest BCUT2D eigenvalue weighted by molar-refractivity contribution is 0.339. The zero-order chi connectivity index (χ0) is 14.7. The van der Waals surface area contributed by atoms with Crippen LogP contribution in [0.2, 0.25) is 0 Å². The molecule has 5 heteroatoms. The van der Waals surface area contributed by atoms with Crippen molar-refractivity contribution in [3.63, 3.8) is 0 Å². The number of hydrogen-bond donors (Lipinski definition) is 0. The van der Waals surface area contributed by atoms with Crippen LogP contribution in [0.3, 0.4) is 0 Å². The molecule has 1 aliphatic heterocycles. The summed E-state index contributed by atoms with van der Waals surface area (Å²) in [6.07, 6.45) is 2.27. The predicted octanol–water partition coefficient (Wildman–Crippen LogP) is 2.52. The molecule has 2 aromatic rings. The Morgan fingerprint density at radius 2 is 1.86 bits per heavy atom. The molecule has 1 fully saturated rings. The van der Waals surface area contributed by atoms with Crippen molar-refractivity contribution in [2.24, 2.45) is 0 Å². The third-order valence-corrected chi connectivity index (χ3v) is 3.94. The summed E-state index contributed by atoms with van der Waals surface area (Å²) in [4.78, 5) is 4.23. The largest absolute Gasteiger partial charge is 0.407 e. The van der Waals surface area contributed by atoms with Crippen molar-refractivity contribution in [2.45, 2.75) is 25.3 Å². The van der Waals surface area contributed by atoms with Gasteiger partial charge in [0.1, 0.15) is 0 Å². The molecule has 0 unspecified atom stereocenters. The number of nitrogens with zero attached hydrogens (tertiary/aromatic N) is 4. The van der Waals surface area contributed by atoms with Crippen LogP contribution in [0.5, 0.6) is 0 Å². The number of benzene rings is 1. The molecular formula is C16H22N4O. The Kier molecular flexibility index (Phi) is 4.20. The molecule has 0 amide bonds. The van der Waals surface area contributed by atoms with Crippen LogP contribution in [0, 0.1) is 0 Å². The third-order valence-electron chi connectivity index (χ3n) is 3.94. The molecule has 112 valence electrons. The van der Waals surface area contributed by atoms with E-state index in [0.717, 1.165) is 25.9 Å². The van der Waals surface area contributed by atoms with Crippen molar-refractivity contribution in [2.75, 3.05) is 32.1 Å². The SMILES string of the molecule is CN(C)Cc1nnc(N2CCC(c3ccccc3)CC2)o1. The van der Waals surface area contributed by atoms with Gasteiger partial charge in [0.25, 0.3) is 0 Å². The average Bonchev–Trinajstić information content (AvgIpc) is 2.96. The molecule has 0 spiro atoms. The molecule has 1 aromatic heterocycles. The van der Waals surface area contributed by atoms with Gasteiger partial charge in [-0.25, -0.2) is 0 Å². The maximum Gasteiger partial charge on any atom is 0.318 e. The summed E-state index contributed by atoms with van der Waals surface area (Å²) < 4.78 is 5.74. The standard InChI is InChI=1S/C16H22N4O/c1-19(2)12-15-17-18-16(21-15)20-10-8-14(9-11-20)13-6-4-3-5-7-13/h3-7,14H,8-12H2,1-2H3. The number of aromatic nitrogens is 2. The van der Waals surface area contributed by atoms with Crippen molar-refractivity contribution in [1.82, 2.24) is 15.1 Å². The second-order valence-electron chi connectivity index (χ2n) is 5.89. The van der Waals surface area contributed by atoms with Gasteiger partial charge >= 0.3 is 6.01 Å². The summed E-state index contributed by atoms with van der Waals surface area (Å²) in [6.45, 7) is 2.64. The molecule has 2 heterocycles. The molecule has 0 radical (unpaired) electrons. The van der Waals surface area contributed by atoms with E-state index in [0.29, 0.717) is 24.4 Å². The first kappa shape index (κ1) is 14.1. The Bertz CT molecular complexity index is 559. The smallest absolute Gasteiger partial charge is 0.318 e. The maximum atomic E-state index is 5.74. The van der Waals surface area contributed by atoms with Gasteiger partial charge in [-0.2, -0.15) is 0 Å². The summed E-state index contributed by atoms with van der Waals surface area (Å²) in [6, 6.07) is 11.4. The van der Waals surface area contributed by atoms with Gasteiger partial charge in [0.15, 0.2) is 0 Å². The fraction of sp³-hybridized carbons (Fsp3) is 0.500. The Labute approximate surface area is 125 Å². The molecule has 0 N–H and O–H groups in total. The lowest BCUT2D eigenvalue weighted by Gasteiger charge is -2.30. The van der Waals surface area contributed by atoms with Gasteiger partial charge in [-0.15, -0.1) is 5.10 Å². The van der Waals surface area contributed by atoms with Crippen LogP contribution in [-0.2, 0) is 6.54 Å². The molecular weight excluding hydrogens is 264 g/mol. The van der Waals surface area contributed by atoms with Gasteiger partial charge < -0.3 is 14.2 Å². The van der Waals surface area contributed by atoms with Crippen LogP contribution in [0.1, 0.15) is 30.2 Å². The summed E-state index contributed by atoms with van der Waals surface area (Å²) in [5, 5.41) is 8.28. The van der Waals surface area contributed by atoms with Crippen LogP contribution < -0.4 is 4.90 Å². The highest BCUT2D eigenvalue weighted by Crippen LogP contribution is 2.29. The summed E-state index contributed by atoms with van der Waals surface area (Å²) in [5.74, 6) is 1.33. The lowest BCUT2D eigenvalue weighted by Crippen LogP contribution is -2.33. The Balaban J connectivity index is 1.59. The highest BCUT2D eigenvalue weighted by molar-refractivity contribution is 5.28. The van der Waals surface area contributed by atoms with Crippen molar-refractivity contribution < 1.29 is 4.42 Å². The number of hydrogen-bond acceptors (Lipinski definition) is 5. The quantitative estimate of drug-likeness (QED) is 0.864. The minimum Gasteiger partial charge on any atom is -0.407 e. The first-order valence-corrected chi connectivity index (χ1v) is 7.49. The van der Waals surface area contributed by atoms with Gasteiger partial charge in [-0.3, -0.25) is 0 Å². The monoisotopic (exact) mass is 286 g/mol. The molecule has 3 rings (SSSR count). The highest BCUT2D eigenvalue weighted by Gasteiger charge is 2.23. The van der Waals surface area contributed by atoms with Crippen molar-refractivity contribution in [3.05, 3.63) is 41.8 Å². The fourth-order valence-corrected chi connectivity index (χ4v) is 2.84. The van der Waals surface area contributed by atoms with E-state index >= 15 is 0 Å². The van der Waals surface area contributed by atoms with Crippen molar-refractivity contribution in [3.8, 4) is 0 Å². The minimum absolute atomic E-state index is 0.645. The molecule has 1 saturated heterocycles. The molecule has 0 aliphatic carbocycles. The van der Waals surface area contributed by atoms with Crippen LogP contribution in [0.25, 0.3) is 0 Å². The van der Waals surface area contributed by atoms with Crippen LogP contribution in [0.15, 0.2) is 34.7 Å². The van der Waals surface area contributed by atoms with Crippen molar-refractivity contribution >= 4 is 6.01 Å². The van der Waals surface area contributed by atoms with Gasteiger partial charge in [-0.05, 0) is 38.4 Å². The first-order valence-electron chi connectivity index (χ1n) is 7.49. The van der Waals surface area contributed by atoms with Crippen LogP contribution in [-0.4, -0.2) is 42.3 Å². The summed E-state index contributed by atoms with van der Waals surface area (Å²) in [5.41, 5.74) is 1.44. The van der Waals surface area contributed by atoms with E-state index in [1.807, 2.05) is 19.0 Å². The summed E-state index contributed by atoms with van der Waals surface area (Å²) in [7, 11) is 3.99. The fourth-order valence-electron chi connectivity index (χ4n) is 2.84. The van der Waals surface area contributed by atoms with Gasteiger partial charge in [-0.1, -0.05) is 35.4 Å². The Morgan fingerprint density at radius 3 is 2.52 bits per heavy atom. The second kappa shape index (κ2) is 6.26. The van der Waals surface area contributed by atoms with E-state index in [-0.39, 0.29) is 0 Å². The van der Waals surface area contributed by atoms with E-state index in [9.17, 15) is 0 Å². The predicted molar refractivity (Wildman–Crippen MR) is 82.3 cm³/mol. The normalized spacial score (nSPS) is 16.6. The first-order chi connectivity index (χ1) is 10.2. The maximum absolute atomic E-state index is 5.74. The van der Waals surface area contributed by atoms with Gasteiger partial charge in [0, 0.05) is 13.1 Å². The third kappa shape index (κ3) is 3.42. The Morgan fingerprint density at radius 1 is 1.14 bits per heavy atom. The van der Waals surface area contributed by atoms with E-state index in [1.165, 1.54) is 5.56 Å². The molecule has 0 bridgehead atoms. The van der Waals surface area contributed by atoms with E-state index in [2.05, 4.69) is 45.4 Å². The van der Waals surface area contributed by atoms with Gasteiger partial charge in [0.2, 0.25) is 5.89 Å². The van der Waals surface area contributed by atoms with E-state index in [1.54, 1.807) is 0 Å². The average molecular weight is 286 g/mol. The lowest BCUT2D eigenvalue weighted by atomic mass is 9.90. The second-order valence-corrected chi connectivity index (χ2v) is 5.89. The van der Waals surface area contributed by atoms with E-state index < -0.39 is 0 Å².